The van der Waals surface area contributed by atoms with Crippen LogP contribution in [-0.2, 0) is 4.74 Å². The molecular weight excluding hydrogens is 260 g/mol. The van der Waals surface area contributed by atoms with E-state index in [1.807, 2.05) is 0 Å². The van der Waals surface area contributed by atoms with Crippen LogP contribution in [-0.4, -0.2) is 25.7 Å². The van der Waals surface area contributed by atoms with E-state index in [-0.39, 0.29) is 12.1 Å². The summed E-state index contributed by atoms with van der Waals surface area (Å²) in [5.41, 5.74) is 0. The van der Waals surface area contributed by atoms with Gasteiger partial charge in [-0.1, -0.05) is 12.8 Å². The Balaban J connectivity index is 1.77. The maximum atomic E-state index is 11.8. The third kappa shape index (κ3) is 4.21. The Labute approximate surface area is 118 Å². The molecule has 2 rings (SSSR count). The minimum atomic E-state index is -0.0813. The Morgan fingerprint density at radius 3 is 2.79 bits per heavy atom. The van der Waals surface area contributed by atoms with Crippen LogP contribution >= 0.6 is 11.3 Å². The number of carbonyl (C=O) groups is 1. The molecule has 1 atom stereocenters. The topological polar surface area (TPSA) is 50.4 Å². The van der Waals surface area contributed by atoms with Gasteiger partial charge in [0.2, 0.25) is 0 Å². The van der Waals surface area contributed by atoms with Crippen molar-refractivity contribution in [1.82, 2.24) is 10.6 Å². The fraction of sp³-hybridized carbons (Fsp3) is 0.643. The van der Waals surface area contributed by atoms with E-state index in [1.165, 1.54) is 17.7 Å². The van der Waals surface area contributed by atoms with Crippen LogP contribution in [0.2, 0.25) is 0 Å². The van der Waals surface area contributed by atoms with E-state index < -0.39 is 0 Å². The molecule has 1 aromatic heterocycles. The number of methoxy groups -OCH3 is 1. The Bertz CT molecular complexity index is 413. The second-order valence-electron chi connectivity index (χ2n) is 5.01. The van der Waals surface area contributed by atoms with E-state index in [0.717, 1.165) is 17.7 Å². The first-order chi connectivity index (χ1) is 9.19. The molecule has 0 radical (unpaired) electrons. The van der Waals surface area contributed by atoms with Gasteiger partial charge >= 0.3 is 6.03 Å². The average molecular weight is 282 g/mol. The zero-order valence-electron chi connectivity index (χ0n) is 11.6. The normalized spacial score (nSPS) is 17.4. The van der Waals surface area contributed by atoms with Crippen LogP contribution in [0.4, 0.5) is 4.79 Å². The number of carbonyl (C=O) groups excluding carboxylic acids is 1. The molecule has 5 heteroatoms. The highest BCUT2D eigenvalue weighted by molar-refractivity contribution is 7.12. The smallest absolute Gasteiger partial charge is 0.315 e. The lowest BCUT2D eigenvalue weighted by molar-refractivity contribution is 0.106. The van der Waals surface area contributed by atoms with Gasteiger partial charge in [-0.15, -0.1) is 11.3 Å². The summed E-state index contributed by atoms with van der Waals surface area (Å²) in [7, 11) is 1.68. The van der Waals surface area contributed by atoms with Crippen molar-refractivity contribution >= 4 is 17.4 Å². The second kappa shape index (κ2) is 6.91. The Hall–Kier alpha value is -1.07. The molecule has 0 aliphatic heterocycles. The van der Waals surface area contributed by atoms with Gasteiger partial charge < -0.3 is 15.4 Å². The molecule has 106 valence electrons. The van der Waals surface area contributed by atoms with Gasteiger partial charge in [-0.3, -0.25) is 0 Å². The molecule has 0 spiro atoms. The predicted molar refractivity (Wildman–Crippen MR) is 77.6 cm³/mol. The molecule has 4 nitrogen and oxygen atoms in total. The molecule has 0 bridgehead atoms. The van der Waals surface area contributed by atoms with Gasteiger partial charge in [0.1, 0.15) is 6.10 Å². The van der Waals surface area contributed by atoms with Crippen LogP contribution in [0.3, 0.4) is 0 Å². The lowest BCUT2D eigenvalue weighted by Gasteiger charge is -2.17. The molecule has 0 saturated heterocycles. The van der Waals surface area contributed by atoms with Gasteiger partial charge in [-0.05, 0) is 31.9 Å². The molecule has 1 heterocycles. The van der Waals surface area contributed by atoms with Crippen LogP contribution in [0.5, 0.6) is 0 Å². The maximum Gasteiger partial charge on any atom is 0.315 e. The molecular formula is C14H22N2O2S. The van der Waals surface area contributed by atoms with Crippen molar-refractivity contribution < 1.29 is 9.53 Å². The predicted octanol–water partition coefficient (Wildman–Crippen LogP) is 2.99. The van der Waals surface area contributed by atoms with Crippen LogP contribution in [0, 0.1) is 6.92 Å². The number of ether oxygens (including phenoxy) is 1. The number of hydrogen-bond acceptors (Lipinski definition) is 3. The van der Waals surface area contributed by atoms with Gasteiger partial charge in [0, 0.05) is 22.9 Å². The van der Waals surface area contributed by atoms with Crippen molar-refractivity contribution in [3.05, 3.63) is 21.9 Å². The molecule has 1 unspecified atom stereocenters. The average Bonchev–Trinajstić information content (AvgIpc) is 3.02. The fourth-order valence-electron chi connectivity index (χ4n) is 2.42. The SMILES string of the molecule is COC(CNC(=O)NC1CCCC1)c1ccc(C)s1. The van der Waals surface area contributed by atoms with Gasteiger partial charge in [-0.25, -0.2) is 4.79 Å². The summed E-state index contributed by atoms with van der Waals surface area (Å²) in [4.78, 5) is 14.2. The number of hydrogen-bond donors (Lipinski definition) is 2. The molecule has 1 aromatic rings. The highest BCUT2D eigenvalue weighted by Gasteiger charge is 2.18. The zero-order valence-corrected chi connectivity index (χ0v) is 12.4. The summed E-state index contributed by atoms with van der Waals surface area (Å²) < 4.78 is 5.44. The van der Waals surface area contributed by atoms with Crippen molar-refractivity contribution in [2.75, 3.05) is 13.7 Å². The minimum absolute atomic E-state index is 0.0620. The third-order valence-electron chi connectivity index (χ3n) is 3.50. The number of rotatable bonds is 5. The van der Waals surface area contributed by atoms with Gasteiger partial charge in [-0.2, -0.15) is 0 Å². The molecule has 19 heavy (non-hydrogen) atoms. The number of amides is 2. The molecule has 1 saturated carbocycles. The Kier molecular flexibility index (Phi) is 5.22. The monoisotopic (exact) mass is 282 g/mol. The van der Waals surface area contributed by atoms with Crippen LogP contribution in [0.15, 0.2) is 12.1 Å². The van der Waals surface area contributed by atoms with Gasteiger partial charge in [0.25, 0.3) is 0 Å². The standard InChI is InChI=1S/C14H22N2O2S/c1-10-7-8-13(19-10)12(18-2)9-15-14(17)16-11-5-3-4-6-11/h7-8,11-12H,3-6,9H2,1-2H3,(H2,15,16,17). The van der Waals surface area contributed by atoms with Crippen molar-refractivity contribution in [1.29, 1.82) is 0 Å². The highest BCUT2D eigenvalue weighted by Crippen LogP contribution is 2.24. The summed E-state index contributed by atoms with van der Waals surface area (Å²) >= 11 is 1.71. The Morgan fingerprint density at radius 2 is 2.21 bits per heavy atom. The summed E-state index contributed by atoms with van der Waals surface area (Å²) in [5.74, 6) is 0. The summed E-state index contributed by atoms with van der Waals surface area (Å²) in [6.45, 7) is 2.58. The minimum Gasteiger partial charge on any atom is -0.374 e. The maximum absolute atomic E-state index is 11.8. The first-order valence-electron chi connectivity index (χ1n) is 6.82. The third-order valence-corrected chi connectivity index (χ3v) is 4.59. The van der Waals surface area contributed by atoms with Gasteiger partial charge in [0.15, 0.2) is 0 Å². The van der Waals surface area contributed by atoms with Crippen LogP contribution in [0.1, 0.15) is 41.5 Å². The second-order valence-corrected chi connectivity index (χ2v) is 6.33. The Morgan fingerprint density at radius 1 is 1.47 bits per heavy atom. The zero-order chi connectivity index (χ0) is 13.7. The van der Waals surface area contributed by atoms with Gasteiger partial charge in [0.05, 0.1) is 6.54 Å². The quantitative estimate of drug-likeness (QED) is 0.872. The highest BCUT2D eigenvalue weighted by atomic mass is 32.1. The van der Waals surface area contributed by atoms with E-state index in [0.29, 0.717) is 12.6 Å². The summed E-state index contributed by atoms with van der Waals surface area (Å²) in [6, 6.07) is 4.40. The lowest BCUT2D eigenvalue weighted by Crippen LogP contribution is -2.42. The molecule has 2 N–H and O–H groups in total. The molecule has 1 fully saturated rings. The van der Waals surface area contributed by atoms with Crippen LogP contribution in [0.25, 0.3) is 0 Å². The molecule has 1 aliphatic carbocycles. The van der Waals surface area contributed by atoms with Crippen LogP contribution < -0.4 is 10.6 Å². The number of urea groups is 1. The number of nitrogens with one attached hydrogen (secondary N) is 2. The number of aryl methyl sites for hydroxylation is 1. The molecule has 1 aliphatic rings. The molecule has 2 amide bonds. The van der Waals surface area contributed by atoms with E-state index in [2.05, 4.69) is 29.7 Å². The molecule has 0 aromatic carbocycles. The van der Waals surface area contributed by atoms with E-state index >= 15 is 0 Å². The summed E-state index contributed by atoms with van der Waals surface area (Å²) in [5, 5.41) is 5.91. The first kappa shape index (κ1) is 14.3. The van der Waals surface area contributed by atoms with Crippen molar-refractivity contribution in [2.45, 2.75) is 44.8 Å². The first-order valence-corrected chi connectivity index (χ1v) is 7.64. The van der Waals surface area contributed by atoms with Crippen molar-refractivity contribution in [2.24, 2.45) is 0 Å². The van der Waals surface area contributed by atoms with Crippen molar-refractivity contribution in [3.8, 4) is 0 Å². The lowest BCUT2D eigenvalue weighted by atomic mass is 10.2. The largest absolute Gasteiger partial charge is 0.374 e. The summed E-state index contributed by atoms with van der Waals surface area (Å²) in [6.07, 6.45) is 4.59. The van der Waals surface area contributed by atoms with E-state index in [1.54, 1.807) is 18.4 Å². The van der Waals surface area contributed by atoms with Crippen molar-refractivity contribution in [3.63, 3.8) is 0 Å². The number of thiophene rings is 1. The van der Waals surface area contributed by atoms with E-state index in [9.17, 15) is 4.79 Å². The fourth-order valence-corrected chi connectivity index (χ4v) is 3.37. The van der Waals surface area contributed by atoms with E-state index in [4.69, 9.17) is 4.74 Å².